The first-order valence-corrected chi connectivity index (χ1v) is 6.91. The van der Waals surface area contributed by atoms with E-state index in [9.17, 15) is 5.11 Å². The summed E-state index contributed by atoms with van der Waals surface area (Å²) in [6.07, 6.45) is 1.88. The third kappa shape index (κ3) is 5.42. The number of nitrogens with zero attached hydrogens (tertiary/aromatic N) is 3. The van der Waals surface area contributed by atoms with Gasteiger partial charge in [-0.2, -0.15) is 0 Å². The molecule has 0 aliphatic rings. The normalized spacial score (nSPS) is 11.5. The number of hydrogen-bond acceptors (Lipinski definition) is 5. The van der Waals surface area contributed by atoms with Gasteiger partial charge in [-0.25, -0.2) is 9.97 Å². The first kappa shape index (κ1) is 15.7. The van der Waals surface area contributed by atoms with Crippen LogP contribution in [0.15, 0.2) is 6.07 Å². The van der Waals surface area contributed by atoms with Gasteiger partial charge >= 0.3 is 0 Å². The van der Waals surface area contributed by atoms with Crippen LogP contribution in [-0.2, 0) is 6.42 Å². The molecule has 5 heteroatoms. The SMILES string of the molecule is CCCc1nc(NCC)cc(N(C)CC(C)(C)O)n1. The Hall–Kier alpha value is -1.36. The molecule has 0 amide bonds. The summed E-state index contributed by atoms with van der Waals surface area (Å²) in [4.78, 5) is 11.0. The van der Waals surface area contributed by atoms with Gasteiger partial charge in [-0.1, -0.05) is 6.92 Å². The number of aliphatic hydroxyl groups is 1. The van der Waals surface area contributed by atoms with Gasteiger partial charge in [0.2, 0.25) is 0 Å². The van der Waals surface area contributed by atoms with E-state index in [2.05, 4.69) is 22.2 Å². The minimum atomic E-state index is -0.747. The van der Waals surface area contributed by atoms with E-state index in [0.29, 0.717) is 6.54 Å². The quantitative estimate of drug-likeness (QED) is 0.791. The Morgan fingerprint density at radius 3 is 2.53 bits per heavy atom. The number of aryl methyl sites for hydroxylation is 1. The van der Waals surface area contributed by atoms with E-state index in [4.69, 9.17) is 0 Å². The molecule has 1 heterocycles. The molecule has 0 aliphatic heterocycles. The Kier molecular flexibility index (Phi) is 5.54. The van der Waals surface area contributed by atoms with E-state index in [1.54, 1.807) is 13.8 Å². The summed E-state index contributed by atoms with van der Waals surface area (Å²) in [5.74, 6) is 2.54. The minimum absolute atomic E-state index is 0.529. The van der Waals surface area contributed by atoms with Crippen molar-refractivity contribution in [3.63, 3.8) is 0 Å². The summed E-state index contributed by atoms with van der Waals surface area (Å²) in [5.41, 5.74) is -0.747. The molecule has 0 unspecified atom stereocenters. The highest BCUT2D eigenvalue weighted by Gasteiger charge is 2.17. The maximum absolute atomic E-state index is 9.89. The van der Waals surface area contributed by atoms with Crippen molar-refractivity contribution in [3.05, 3.63) is 11.9 Å². The molecule has 108 valence electrons. The van der Waals surface area contributed by atoms with E-state index in [1.165, 1.54) is 0 Å². The second-order valence-corrected chi connectivity index (χ2v) is 5.48. The Morgan fingerprint density at radius 2 is 2.00 bits per heavy atom. The average Bonchev–Trinajstić information content (AvgIpc) is 2.27. The summed E-state index contributed by atoms with van der Waals surface area (Å²) < 4.78 is 0. The maximum atomic E-state index is 9.89. The van der Waals surface area contributed by atoms with Crippen LogP contribution in [0.25, 0.3) is 0 Å². The number of anilines is 2. The molecule has 1 aromatic rings. The molecule has 1 rings (SSSR count). The molecule has 0 saturated carbocycles. The van der Waals surface area contributed by atoms with Gasteiger partial charge in [0.1, 0.15) is 17.5 Å². The van der Waals surface area contributed by atoms with Gasteiger partial charge in [0, 0.05) is 32.6 Å². The second kappa shape index (κ2) is 6.70. The predicted molar refractivity (Wildman–Crippen MR) is 79.8 cm³/mol. The molecule has 0 saturated heterocycles. The molecule has 0 aromatic carbocycles. The van der Waals surface area contributed by atoms with Crippen LogP contribution in [0.4, 0.5) is 11.6 Å². The van der Waals surface area contributed by atoms with Crippen LogP contribution in [0.5, 0.6) is 0 Å². The number of likely N-dealkylation sites (N-methyl/N-ethyl adjacent to an activating group) is 1. The summed E-state index contributed by atoms with van der Waals surface area (Å²) >= 11 is 0. The van der Waals surface area contributed by atoms with E-state index >= 15 is 0 Å². The first-order chi connectivity index (χ1) is 8.85. The van der Waals surface area contributed by atoms with Crippen molar-refractivity contribution in [1.82, 2.24) is 9.97 Å². The number of aromatic nitrogens is 2. The van der Waals surface area contributed by atoms with E-state index in [1.807, 2.05) is 24.9 Å². The molecule has 2 N–H and O–H groups in total. The summed E-state index contributed by atoms with van der Waals surface area (Å²) in [6.45, 7) is 9.11. The number of nitrogens with one attached hydrogen (secondary N) is 1. The number of hydrogen-bond donors (Lipinski definition) is 2. The molecule has 0 fully saturated rings. The Morgan fingerprint density at radius 1 is 1.32 bits per heavy atom. The summed E-state index contributed by atoms with van der Waals surface area (Å²) in [7, 11) is 1.94. The standard InChI is InChI=1S/C14H26N4O/c1-6-8-11-16-12(15-7-2)9-13(17-11)18(5)10-14(3,4)19/h9,19H,6-8,10H2,1-5H3,(H,15,16,17). The van der Waals surface area contributed by atoms with Crippen molar-refractivity contribution in [2.45, 2.75) is 46.1 Å². The molecule has 1 aromatic heterocycles. The van der Waals surface area contributed by atoms with Crippen LogP contribution in [0.1, 0.15) is 39.9 Å². The van der Waals surface area contributed by atoms with Gasteiger partial charge in [-0.15, -0.1) is 0 Å². The van der Waals surface area contributed by atoms with Gasteiger partial charge in [-0.05, 0) is 27.2 Å². The van der Waals surface area contributed by atoms with Gasteiger partial charge in [0.25, 0.3) is 0 Å². The van der Waals surface area contributed by atoms with Crippen molar-refractivity contribution >= 4 is 11.6 Å². The van der Waals surface area contributed by atoms with Crippen molar-refractivity contribution in [1.29, 1.82) is 0 Å². The Balaban J connectivity index is 2.97. The van der Waals surface area contributed by atoms with Gasteiger partial charge in [0.05, 0.1) is 5.60 Å². The molecular formula is C14H26N4O. The van der Waals surface area contributed by atoms with Crippen LogP contribution in [-0.4, -0.2) is 40.8 Å². The largest absolute Gasteiger partial charge is 0.389 e. The first-order valence-electron chi connectivity index (χ1n) is 6.91. The molecule has 0 bridgehead atoms. The third-order valence-corrected chi connectivity index (χ3v) is 2.61. The average molecular weight is 266 g/mol. The fraction of sp³-hybridized carbons (Fsp3) is 0.714. The lowest BCUT2D eigenvalue weighted by Crippen LogP contribution is -2.36. The lowest BCUT2D eigenvalue weighted by molar-refractivity contribution is 0.0884. The smallest absolute Gasteiger partial charge is 0.134 e. The van der Waals surface area contributed by atoms with Crippen molar-refractivity contribution in [2.24, 2.45) is 0 Å². The maximum Gasteiger partial charge on any atom is 0.134 e. The minimum Gasteiger partial charge on any atom is -0.389 e. The Bertz CT molecular complexity index is 377. The molecule has 0 radical (unpaired) electrons. The van der Waals surface area contributed by atoms with E-state index in [0.717, 1.165) is 36.8 Å². The highest BCUT2D eigenvalue weighted by atomic mass is 16.3. The van der Waals surface area contributed by atoms with Crippen LogP contribution in [0, 0.1) is 0 Å². The monoisotopic (exact) mass is 266 g/mol. The molecule has 0 aliphatic carbocycles. The van der Waals surface area contributed by atoms with Gasteiger partial charge < -0.3 is 15.3 Å². The third-order valence-electron chi connectivity index (χ3n) is 2.61. The zero-order valence-corrected chi connectivity index (χ0v) is 12.7. The van der Waals surface area contributed by atoms with Crippen LogP contribution >= 0.6 is 0 Å². The van der Waals surface area contributed by atoms with E-state index in [-0.39, 0.29) is 0 Å². The van der Waals surface area contributed by atoms with E-state index < -0.39 is 5.60 Å². The zero-order chi connectivity index (χ0) is 14.5. The van der Waals surface area contributed by atoms with Crippen molar-refractivity contribution < 1.29 is 5.11 Å². The zero-order valence-electron chi connectivity index (χ0n) is 12.7. The van der Waals surface area contributed by atoms with Crippen LogP contribution in [0.2, 0.25) is 0 Å². The highest BCUT2D eigenvalue weighted by molar-refractivity contribution is 5.49. The topological polar surface area (TPSA) is 61.3 Å². The number of rotatable bonds is 7. The summed E-state index contributed by atoms with van der Waals surface area (Å²) in [6, 6.07) is 1.92. The second-order valence-electron chi connectivity index (χ2n) is 5.48. The van der Waals surface area contributed by atoms with Crippen molar-refractivity contribution in [3.8, 4) is 0 Å². The molecule has 19 heavy (non-hydrogen) atoms. The van der Waals surface area contributed by atoms with Gasteiger partial charge in [-0.3, -0.25) is 0 Å². The predicted octanol–water partition coefficient (Wildman–Crippen LogP) is 2.07. The fourth-order valence-corrected chi connectivity index (χ4v) is 1.95. The highest BCUT2D eigenvalue weighted by Crippen LogP contribution is 2.17. The lowest BCUT2D eigenvalue weighted by atomic mass is 10.1. The van der Waals surface area contributed by atoms with Gasteiger partial charge in [0.15, 0.2) is 0 Å². The van der Waals surface area contributed by atoms with Crippen molar-refractivity contribution in [2.75, 3.05) is 30.4 Å². The molecule has 0 atom stereocenters. The molecule has 0 spiro atoms. The van der Waals surface area contributed by atoms with Crippen LogP contribution < -0.4 is 10.2 Å². The fourth-order valence-electron chi connectivity index (χ4n) is 1.95. The molecule has 5 nitrogen and oxygen atoms in total. The summed E-state index contributed by atoms with van der Waals surface area (Å²) in [5, 5.41) is 13.1. The Labute approximate surface area is 116 Å². The van der Waals surface area contributed by atoms with Crippen LogP contribution in [0.3, 0.4) is 0 Å². The molecular weight excluding hydrogens is 240 g/mol. The lowest BCUT2D eigenvalue weighted by Gasteiger charge is -2.26.